The minimum atomic E-state index is 0.111. The van der Waals surface area contributed by atoms with Gasteiger partial charge in [0.25, 0.3) is 0 Å². The molecule has 0 amide bonds. The van der Waals surface area contributed by atoms with E-state index in [4.69, 9.17) is 18.9 Å². The Kier molecular flexibility index (Phi) is 10.4. The number of hydrogen-bond donors (Lipinski definition) is 2. The van der Waals surface area contributed by atoms with Crippen LogP contribution in [0.25, 0.3) is 0 Å². The first-order valence-electron chi connectivity index (χ1n) is 10.4. The van der Waals surface area contributed by atoms with E-state index >= 15 is 0 Å². The van der Waals surface area contributed by atoms with E-state index in [1.54, 1.807) is 13.4 Å². The summed E-state index contributed by atoms with van der Waals surface area (Å²) in [5.41, 5.74) is 0.111. The van der Waals surface area contributed by atoms with Gasteiger partial charge in [0.1, 0.15) is 5.76 Å². The average Bonchev–Trinajstić information content (AvgIpc) is 3.21. The Labute approximate surface area is 169 Å². The predicted molar refractivity (Wildman–Crippen MR) is 113 cm³/mol. The van der Waals surface area contributed by atoms with Crippen LogP contribution in [0.2, 0.25) is 0 Å². The van der Waals surface area contributed by atoms with Crippen molar-refractivity contribution in [2.24, 2.45) is 10.4 Å². The maximum atomic E-state index is 5.41. The number of methoxy groups -OCH3 is 1. The van der Waals surface area contributed by atoms with Gasteiger partial charge in [-0.05, 0) is 36.9 Å². The van der Waals surface area contributed by atoms with E-state index in [9.17, 15) is 0 Å². The number of nitrogens with zero attached hydrogens (tertiary/aromatic N) is 2. The van der Waals surface area contributed by atoms with E-state index in [-0.39, 0.29) is 5.41 Å². The lowest BCUT2D eigenvalue weighted by molar-refractivity contribution is 0.0376. The Morgan fingerprint density at radius 3 is 2.75 bits per heavy atom. The van der Waals surface area contributed by atoms with Crippen LogP contribution in [0.5, 0.6) is 0 Å². The van der Waals surface area contributed by atoms with Crippen molar-refractivity contribution in [2.75, 3.05) is 66.2 Å². The highest BCUT2D eigenvalue weighted by Crippen LogP contribution is 2.20. The third-order valence-electron chi connectivity index (χ3n) is 4.94. The Morgan fingerprint density at radius 1 is 1.25 bits per heavy atom. The summed E-state index contributed by atoms with van der Waals surface area (Å²) in [5.74, 6) is 1.86. The number of hydrogen-bond acceptors (Lipinski definition) is 5. The third kappa shape index (κ3) is 9.57. The molecule has 0 radical (unpaired) electrons. The van der Waals surface area contributed by atoms with E-state index < -0.39 is 0 Å². The molecule has 0 spiro atoms. The molecule has 7 heteroatoms. The molecule has 2 rings (SSSR count). The molecule has 0 bridgehead atoms. The molecule has 1 aromatic heterocycles. The summed E-state index contributed by atoms with van der Waals surface area (Å²) in [7, 11) is 1.75. The summed E-state index contributed by atoms with van der Waals surface area (Å²) >= 11 is 0. The second-order valence-electron chi connectivity index (χ2n) is 8.06. The van der Waals surface area contributed by atoms with Crippen molar-refractivity contribution < 1.29 is 13.9 Å². The van der Waals surface area contributed by atoms with Crippen molar-refractivity contribution in [1.82, 2.24) is 15.5 Å². The van der Waals surface area contributed by atoms with Gasteiger partial charge in [-0.25, -0.2) is 0 Å². The Hall–Kier alpha value is -1.57. The number of aliphatic imine (C=N–C) groups is 1. The molecule has 1 fully saturated rings. The summed E-state index contributed by atoms with van der Waals surface area (Å²) in [6.07, 6.45) is 4.64. The van der Waals surface area contributed by atoms with Gasteiger partial charge in [-0.1, -0.05) is 13.8 Å². The van der Waals surface area contributed by atoms with Gasteiger partial charge in [-0.2, -0.15) is 0 Å². The minimum Gasteiger partial charge on any atom is -0.469 e. The molecule has 160 valence electrons. The van der Waals surface area contributed by atoms with Crippen molar-refractivity contribution >= 4 is 5.96 Å². The first kappa shape index (κ1) is 22.7. The normalized spacial score (nSPS) is 16.3. The van der Waals surface area contributed by atoms with E-state index in [0.717, 1.165) is 90.1 Å². The lowest BCUT2D eigenvalue weighted by Crippen LogP contribution is -2.41. The SMILES string of the molecule is COCCC(C)(C)CN=C(NCCCN1CCOCC1)NCCc1ccco1. The van der Waals surface area contributed by atoms with E-state index in [1.165, 1.54) is 0 Å². The summed E-state index contributed by atoms with van der Waals surface area (Å²) in [5, 5.41) is 6.93. The van der Waals surface area contributed by atoms with Crippen LogP contribution in [0.15, 0.2) is 27.8 Å². The van der Waals surface area contributed by atoms with Crippen molar-refractivity contribution in [3.8, 4) is 0 Å². The molecule has 0 aliphatic carbocycles. The van der Waals surface area contributed by atoms with Gasteiger partial charge in [0.2, 0.25) is 0 Å². The van der Waals surface area contributed by atoms with E-state index in [0.29, 0.717) is 0 Å². The van der Waals surface area contributed by atoms with Crippen LogP contribution < -0.4 is 10.6 Å². The molecule has 1 aromatic rings. The molecule has 0 aromatic carbocycles. The summed E-state index contributed by atoms with van der Waals surface area (Å²) < 4.78 is 16.0. The summed E-state index contributed by atoms with van der Waals surface area (Å²) in [6.45, 7) is 12.6. The Balaban J connectivity index is 1.77. The zero-order chi connectivity index (χ0) is 20.1. The van der Waals surface area contributed by atoms with Crippen molar-refractivity contribution in [1.29, 1.82) is 0 Å². The molecule has 0 saturated carbocycles. The quantitative estimate of drug-likeness (QED) is 0.322. The highest BCUT2D eigenvalue weighted by molar-refractivity contribution is 5.79. The molecule has 7 nitrogen and oxygen atoms in total. The maximum Gasteiger partial charge on any atom is 0.191 e. The fourth-order valence-corrected chi connectivity index (χ4v) is 3.02. The van der Waals surface area contributed by atoms with Crippen LogP contribution in [0.1, 0.15) is 32.4 Å². The van der Waals surface area contributed by atoms with Gasteiger partial charge in [0.15, 0.2) is 5.96 Å². The first-order chi connectivity index (χ1) is 13.6. The number of nitrogens with one attached hydrogen (secondary N) is 2. The van der Waals surface area contributed by atoms with Gasteiger partial charge < -0.3 is 24.5 Å². The zero-order valence-electron chi connectivity index (χ0n) is 17.8. The lowest BCUT2D eigenvalue weighted by atomic mass is 9.90. The maximum absolute atomic E-state index is 5.41. The fraction of sp³-hybridized carbons (Fsp3) is 0.762. The molecular weight excluding hydrogens is 356 g/mol. The Morgan fingerprint density at radius 2 is 2.04 bits per heavy atom. The minimum absolute atomic E-state index is 0.111. The molecule has 0 atom stereocenters. The van der Waals surface area contributed by atoms with E-state index in [2.05, 4.69) is 29.4 Å². The second kappa shape index (κ2) is 12.8. The summed E-state index contributed by atoms with van der Waals surface area (Å²) in [4.78, 5) is 7.28. The lowest BCUT2D eigenvalue weighted by Gasteiger charge is -2.26. The Bertz CT molecular complexity index is 540. The van der Waals surface area contributed by atoms with Crippen LogP contribution in [0.3, 0.4) is 0 Å². The van der Waals surface area contributed by atoms with Crippen molar-refractivity contribution in [3.05, 3.63) is 24.2 Å². The highest BCUT2D eigenvalue weighted by atomic mass is 16.5. The monoisotopic (exact) mass is 394 g/mol. The topological polar surface area (TPSA) is 71.3 Å². The van der Waals surface area contributed by atoms with Crippen LogP contribution in [-0.4, -0.2) is 77.1 Å². The molecule has 1 saturated heterocycles. The zero-order valence-corrected chi connectivity index (χ0v) is 17.8. The molecule has 1 aliphatic heterocycles. The molecule has 1 aliphatic rings. The van der Waals surface area contributed by atoms with Gasteiger partial charge in [0, 0.05) is 52.9 Å². The van der Waals surface area contributed by atoms with Crippen molar-refractivity contribution in [2.45, 2.75) is 33.1 Å². The fourth-order valence-electron chi connectivity index (χ4n) is 3.02. The molecule has 0 unspecified atom stereocenters. The van der Waals surface area contributed by atoms with E-state index in [1.807, 2.05) is 12.1 Å². The smallest absolute Gasteiger partial charge is 0.191 e. The van der Waals surface area contributed by atoms with Crippen molar-refractivity contribution in [3.63, 3.8) is 0 Å². The molecular formula is C21H38N4O3. The molecule has 2 heterocycles. The standard InChI is InChI=1S/C21H38N4O3/c1-21(2,8-15-26-3)18-24-20(23-10-7-19-6-4-14-28-19)22-9-5-11-25-12-16-27-17-13-25/h4,6,14H,5,7-13,15-18H2,1-3H3,(H2,22,23,24). The van der Waals surface area contributed by atoms with Crippen LogP contribution in [0.4, 0.5) is 0 Å². The number of rotatable bonds is 12. The predicted octanol–water partition coefficient (Wildman–Crippen LogP) is 2.14. The third-order valence-corrected chi connectivity index (χ3v) is 4.94. The van der Waals surface area contributed by atoms with Crippen LogP contribution in [0, 0.1) is 5.41 Å². The number of furan rings is 1. The van der Waals surface area contributed by atoms with Crippen LogP contribution >= 0.6 is 0 Å². The average molecular weight is 395 g/mol. The highest BCUT2D eigenvalue weighted by Gasteiger charge is 2.17. The van der Waals surface area contributed by atoms with Gasteiger partial charge in [-0.15, -0.1) is 0 Å². The van der Waals surface area contributed by atoms with Gasteiger partial charge in [0.05, 0.1) is 19.5 Å². The van der Waals surface area contributed by atoms with Gasteiger partial charge >= 0.3 is 0 Å². The molecule has 2 N–H and O–H groups in total. The van der Waals surface area contributed by atoms with Gasteiger partial charge in [-0.3, -0.25) is 9.89 Å². The number of guanidine groups is 1. The number of morpholine rings is 1. The second-order valence-corrected chi connectivity index (χ2v) is 8.06. The first-order valence-corrected chi connectivity index (χ1v) is 10.4. The molecule has 28 heavy (non-hydrogen) atoms. The largest absolute Gasteiger partial charge is 0.469 e. The summed E-state index contributed by atoms with van der Waals surface area (Å²) in [6, 6.07) is 3.93. The number of ether oxygens (including phenoxy) is 2. The van der Waals surface area contributed by atoms with Crippen LogP contribution in [-0.2, 0) is 15.9 Å².